The number of rotatable bonds is 8. The van der Waals surface area contributed by atoms with E-state index in [9.17, 15) is 8.42 Å². The average Bonchev–Trinajstić information content (AvgIpc) is 3.10. The molecule has 0 amide bonds. The van der Waals surface area contributed by atoms with Gasteiger partial charge in [-0.05, 0) is 37.8 Å². The van der Waals surface area contributed by atoms with Crippen LogP contribution in [0.2, 0.25) is 0 Å². The monoisotopic (exact) mass is 405 g/mol. The summed E-state index contributed by atoms with van der Waals surface area (Å²) in [5.74, 6) is 0.568. The summed E-state index contributed by atoms with van der Waals surface area (Å²) < 4.78 is 31.9. The molecule has 1 aliphatic heterocycles. The molecule has 0 aliphatic carbocycles. The van der Waals surface area contributed by atoms with E-state index >= 15 is 0 Å². The van der Waals surface area contributed by atoms with Crippen molar-refractivity contribution in [1.29, 1.82) is 0 Å². The van der Waals surface area contributed by atoms with Crippen molar-refractivity contribution in [2.45, 2.75) is 50.9 Å². The van der Waals surface area contributed by atoms with Crippen molar-refractivity contribution >= 4 is 9.84 Å². The Morgan fingerprint density at radius 1 is 1.32 bits per heavy atom. The highest BCUT2D eigenvalue weighted by molar-refractivity contribution is 7.91. The fourth-order valence-corrected chi connectivity index (χ4v) is 4.96. The van der Waals surface area contributed by atoms with Gasteiger partial charge in [0.1, 0.15) is 0 Å². The van der Waals surface area contributed by atoms with Crippen LogP contribution in [-0.2, 0) is 27.7 Å². The summed E-state index contributed by atoms with van der Waals surface area (Å²) in [5, 5.41) is 0.161. The lowest BCUT2D eigenvalue weighted by Gasteiger charge is -2.33. The highest BCUT2D eigenvalue weighted by Crippen LogP contribution is 2.28. The van der Waals surface area contributed by atoms with Crippen molar-refractivity contribution in [3.8, 4) is 0 Å². The summed E-state index contributed by atoms with van der Waals surface area (Å²) in [6.07, 6.45) is 4.05. The number of nitrogens with zero attached hydrogens (tertiary/aromatic N) is 3. The number of imidazole rings is 1. The fourth-order valence-electron chi connectivity index (χ4n) is 3.94. The van der Waals surface area contributed by atoms with Crippen LogP contribution in [0.5, 0.6) is 0 Å². The predicted octanol–water partition coefficient (Wildman–Crippen LogP) is 3.01. The second-order valence-electron chi connectivity index (χ2n) is 7.57. The molecule has 0 radical (unpaired) electrons. The molecule has 7 heteroatoms. The summed E-state index contributed by atoms with van der Waals surface area (Å²) in [7, 11) is -1.73. The van der Waals surface area contributed by atoms with E-state index in [0.717, 1.165) is 25.2 Å². The zero-order valence-electron chi connectivity index (χ0n) is 17.1. The Kier molecular flexibility index (Phi) is 6.91. The molecule has 0 bridgehead atoms. The molecular formula is C21H31N3O3S. The van der Waals surface area contributed by atoms with Gasteiger partial charge < -0.3 is 9.30 Å². The summed E-state index contributed by atoms with van der Waals surface area (Å²) in [5.41, 5.74) is 3.63. The zero-order chi connectivity index (χ0) is 20.1. The number of ether oxygens (including phenoxy) is 1. The van der Waals surface area contributed by atoms with Gasteiger partial charge in [0.25, 0.3) is 0 Å². The lowest BCUT2D eigenvalue weighted by atomic mass is 9.90. The summed E-state index contributed by atoms with van der Waals surface area (Å²) in [6, 6.07) is 8.76. The molecule has 154 valence electrons. The lowest BCUT2D eigenvalue weighted by Crippen LogP contribution is -2.34. The van der Waals surface area contributed by atoms with Gasteiger partial charge in [-0.25, -0.2) is 13.4 Å². The minimum Gasteiger partial charge on any atom is -0.383 e. The molecule has 1 atom stereocenters. The number of likely N-dealkylation sites (tertiary alicyclic amines) is 1. The van der Waals surface area contributed by atoms with E-state index in [0.29, 0.717) is 25.6 Å². The first-order valence-electron chi connectivity index (χ1n) is 9.99. The first kappa shape index (κ1) is 21.0. The average molecular weight is 406 g/mol. The number of hydrogen-bond acceptors (Lipinski definition) is 5. The molecule has 2 aromatic rings. The first-order valence-corrected chi connectivity index (χ1v) is 11.6. The molecule has 6 nitrogen and oxygen atoms in total. The molecule has 28 heavy (non-hydrogen) atoms. The predicted molar refractivity (Wildman–Crippen MR) is 110 cm³/mol. The third-order valence-corrected chi connectivity index (χ3v) is 7.13. The number of sulfone groups is 1. The topological polar surface area (TPSA) is 64.4 Å². The number of hydrogen-bond donors (Lipinski definition) is 0. The van der Waals surface area contributed by atoms with Crippen LogP contribution < -0.4 is 0 Å². The van der Waals surface area contributed by atoms with Crippen LogP contribution >= 0.6 is 0 Å². The number of piperidine rings is 1. The molecule has 0 spiro atoms. The molecule has 1 aliphatic rings. The van der Waals surface area contributed by atoms with Crippen LogP contribution in [-0.4, -0.2) is 55.4 Å². The minimum absolute atomic E-state index is 0.0512. The van der Waals surface area contributed by atoms with Gasteiger partial charge in [-0.2, -0.15) is 0 Å². The minimum atomic E-state index is -3.36. The maximum absolute atomic E-state index is 12.4. The van der Waals surface area contributed by atoms with Gasteiger partial charge in [0.15, 0.2) is 0 Å². The van der Waals surface area contributed by atoms with E-state index in [1.165, 1.54) is 17.5 Å². The van der Waals surface area contributed by atoms with Crippen LogP contribution in [0, 0.1) is 6.92 Å². The molecule has 1 unspecified atom stereocenters. The third-order valence-electron chi connectivity index (χ3n) is 5.48. The summed E-state index contributed by atoms with van der Waals surface area (Å²) in [4.78, 5) is 6.67. The maximum Gasteiger partial charge on any atom is 0.227 e. The SMILES string of the molecule is CCS(=O)(=O)c1ncc(CN2CCCC(c3cccc(C)c3)C2)n1CCOC. The second kappa shape index (κ2) is 9.20. The highest BCUT2D eigenvalue weighted by Gasteiger charge is 2.25. The number of aromatic nitrogens is 2. The molecule has 0 N–H and O–H groups in total. The smallest absolute Gasteiger partial charge is 0.227 e. The quantitative estimate of drug-likeness (QED) is 0.675. The Morgan fingerprint density at radius 2 is 2.14 bits per heavy atom. The highest BCUT2D eigenvalue weighted by atomic mass is 32.2. The van der Waals surface area contributed by atoms with Crippen molar-refractivity contribution in [2.75, 3.05) is 32.6 Å². The largest absolute Gasteiger partial charge is 0.383 e. The molecule has 1 fully saturated rings. The van der Waals surface area contributed by atoms with E-state index < -0.39 is 9.84 Å². The van der Waals surface area contributed by atoms with Crippen molar-refractivity contribution < 1.29 is 13.2 Å². The van der Waals surface area contributed by atoms with Crippen molar-refractivity contribution in [3.63, 3.8) is 0 Å². The van der Waals surface area contributed by atoms with Gasteiger partial charge in [0.2, 0.25) is 15.0 Å². The zero-order valence-corrected chi connectivity index (χ0v) is 17.9. The van der Waals surface area contributed by atoms with Crippen LogP contribution in [0.15, 0.2) is 35.6 Å². The molecule has 2 heterocycles. The van der Waals surface area contributed by atoms with Crippen molar-refractivity contribution in [2.24, 2.45) is 0 Å². The molecular weight excluding hydrogens is 374 g/mol. The molecule has 1 saturated heterocycles. The molecule has 0 saturated carbocycles. The van der Waals surface area contributed by atoms with Gasteiger partial charge in [-0.3, -0.25) is 4.90 Å². The first-order chi connectivity index (χ1) is 13.4. The number of benzene rings is 1. The second-order valence-corrected chi connectivity index (χ2v) is 9.74. The van der Waals surface area contributed by atoms with E-state index in [1.807, 2.05) is 4.57 Å². The van der Waals surface area contributed by atoms with Crippen LogP contribution in [0.3, 0.4) is 0 Å². The lowest BCUT2D eigenvalue weighted by molar-refractivity contribution is 0.175. The molecule has 1 aromatic heterocycles. The van der Waals surface area contributed by atoms with Gasteiger partial charge in [-0.15, -0.1) is 0 Å². The fraction of sp³-hybridized carbons (Fsp3) is 0.571. The normalized spacial score (nSPS) is 18.5. The Balaban J connectivity index is 1.79. The Hall–Kier alpha value is -1.70. The van der Waals surface area contributed by atoms with E-state index in [-0.39, 0.29) is 10.9 Å². The Morgan fingerprint density at radius 3 is 2.86 bits per heavy atom. The Labute approximate surface area is 168 Å². The molecule has 1 aromatic carbocycles. The van der Waals surface area contributed by atoms with E-state index in [2.05, 4.69) is 41.1 Å². The van der Waals surface area contributed by atoms with Crippen molar-refractivity contribution in [3.05, 3.63) is 47.3 Å². The summed E-state index contributed by atoms with van der Waals surface area (Å²) >= 11 is 0. The van der Waals surface area contributed by atoms with Gasteiger partial charge in [0, 0.05) is 26.7 Å². The summed E-state index contributed by atoms with van der Waals surface area (Å²) in [6.45, 7) is 7.45. The Bertz CT molecular complexity index is 892. The van der Waals surface area contributed by atoms with E-state index in [4.69, 9.17) is 4.74 Å². The van der Waals surface area contributed by atoms with Gasteiger partial charge in [0.05, 0.1) is 24.3 Å². The van der Waals surface area contributed by atoms with Gasteiger partial charge >= 0.3 is 0 Å². The van der Waals surface area contributed by atoms with Crippen LogP contribution in [0.1, 0.15) is 42.5 Å². The number of methoxy groups -OCH3 is 1. The maximum atomic E-state index is 12.4. The van der Waals surface area contributed by atoms with Crippen LogP contribution in [0.4, 0.5) is 0 Å². The standard InChI is InChI=1S/C21H31N3O3S/c1-4-28(25,26)21-22-14-20(24(21)11-12-27-3)16-23-10-6-9-19(15-23)18-8-5-7-17(2)13-18/h5,7-8,13-14,19H,4,6,9-12,15-16H2,1-3H3. The van der Waals surface area contributed by atoms with Crippen LogP contribution in [0.25, 0.3) is 0 Å². The third kappa shape index (κ3) is 4.82. The molecule has 3 rings (SSSR count). The number of aryl methyl sites for hydroxylation is 1. The van der Waals surface area contributed by atoms with E-state index in [1.54, 1.807) is 20.2 Å². The van der Waals surface area contributed by atoms with Crippen molar-refractivity contribution in [1.82, 2.24) is 14.5 Å². The van der Waals surface area contributed by atoms with Gasteiger partial charge in [-0.1, -0.05) is 36.8 Å².